The van der Waals surface area contributed by atoms with Gasteiger partial charge in [0.1, 0.15) is 6.61 Å². The van der Waals surface area contributed by atoms with Gasteiger partial charge >= 0.3 is 23.5 Å². The van der Waals surface area contributed by atoms with Crippen LogP contribution in [0.2, 0.25) is 0 Å². The van der Waals surface area contributed by atoms with Crippen LogP contribution in [0.3, 0.4) is 0 Å². The summed E-state index contributed by atoms with van der Waals surface area (Å²) in [6.07, 6.45) is 0.461. The maximum atomic E-state index is 13.3. The van der Waals surface area contributed by atoms with Gasteiger partial charge < -0.3 is 5.11 Å². The van der Waals surface area contributed by atoms with E-state index in [1.807, 2.05) is 0 Å². The predicted molar refractivity (Wildman–Crippen MR) is 53.2 cm³/mol. The van der Waals surface area contributed by atoms with Gasteiger partial charge in [-0.2, -0.15) is 26.3 Å². The lowest BCUT2D eigenvalue weighted by Gasteiger charge is -2.31. The predicted octanol–water partition coefficient (Wildman–Crippen LogP) is 0.435. The Morgan fingerprint density at radius 3 is 2.10 bits per heavy atom. The van der Waals surface area contributed by atoms with Crippen LogP contribution in [-0.2, 0) is 6.54 Å². The lowest BCUT2D eigenvalue weighted by atomic mass is 10.1. The summed E-state index contributed by atoms with van der Waals surface area (Å²) < 4.78 is 77.9. The van der Waals surface area contributed by atoms with Crippen LogP contribution >= 0.6 is 0 Å². The Balaban J connectivity index is 3.17. The highest BCUT2D eigenvalue weighted by Gasteiger charge is 2.71. The quantitative estimate of drug-likeness (QED) is 0.775. The lowest BCUT2D eigenvalue weighted by molar-refractivity contribution is -0.320. The number of aliphatic hydroxyl groups excluding tert-OH is 1. The maximum absolute atomic E-state index is 13.3. The zero-order valence-electron chi connectivity index (χ0n) is 9.55. The first-order valence-electron chi connectivity index (χ1n) is 4.99. The summed E-state index contributed by atoms with van der Waals surface area (Å²) in [6.45, 7) is -4.58. The Morgan fingerprint density at radius 2 is 1.65 bits per heavy atom. The third kappa shape index (κ3) is 2.71. The molecule has 0 bridgehead atoms. The van der Waals surface area contributed by atoms with Crippen LogP contribution in [0.1, 0.15) is 0 Å². The van der Waals surface area contributed by atoms with Crippen LogP contribution < -0.4 is 11.2 Å². The minimum absolute atomic E-state index is 0.0528. The summed E-state index contributed by atoms with van der Waals surface area (Å²) in [5.41, 5.74) is -2.43. The second-order valence-electron chi connectivity index (χ2n) is 3.88. The number of hydrogen-bond acceptors (Lipinski definition) is 3. The van der Waals surface area contributed by atoms with Gasteiger partial charge in [-0.1, -0.05) is 0 Å². The molecule has 1 aromatic heterocycles. The summed E-state index contributed by atoms with van der Waals surface area (Å²) in [4.78, 5) is 23.2. The van der Waals surface area contributed by atoms with Crippen LogP contribution in [0.4, 0.5) is 26.3 Å². The number of H-pyrrole nitrogens is 1. The van der Waals surface area contributed by atoms with Crippen molar-refractivity contribution in [1.29, 1.82) is 0 Å². The van der Waals surface area contributed by atoms with Gasteiger partial charge in [-0.15, -0.1) is 0 Å². The standard InChI is InChI=1S/C9H8F6N2O3/c10-7(11,9(14,15)8(12,13)4-18)3-17-2-1-5(19)16-6(17)20/h1-2,18H,3-4H2,(H,16,19,20). The highest BCUT2D eigenvalue weighted by molar-refractivity contribution is 4.97. The molecule has 1 rings (SSSR count). The Hall–Kier alpha value is -1.78. The average Bonchev–Trinajstić information content (AvgIpc) is 2.32. The number of nitrogens with one attached hydrogen (secondary N) is 1. The SMILES string of the molecule is O=c1ccn(CC(F)(F)C(F)(F)C(F)(F)CO)c(=O)[nH]1. The maximum Gasteiger partial charge on any atom is 0.376 e. The molecule has 114 valence electrons. The highest BCUT2D eigenvalue weighted by atomic mass is 19.3. The van der Waals surface area contributed by atoms with Crippen LogP contribution in [0.25, 0.3) is 0 Å². The van der Waals surface area contributed by atoms with Crippen molar-refractivity contribution in [2.75, 3.05) is 6.61 Å². The number of aliphatic hydroxyl groups is 1. The molecule has 1 heterocycles. The van der Waals surface area contributed by atoms with E-state index in [9.17, 15) is 35.9 Å². The van der Waals surface area contributed by atoms with Crippen LogP contribution in [-0.4, -0.2) is 39.0 Å². The largest absolute Gasteiger partial charge is 0.390 e. The molecule has 0 saturated heterocycles. The molecule has 0 amide bonds. The number of aromatic nitrogens is 2. The third-order valence-corrected chi connectivity index (χ3v) is 2.38. The topological polar surface area (TPSA) is 75.1 Å². The minimum Gasteiger partial charge on any atom is -0.390 e. The molecule has 1 aromatic rings. The van der Waals surface area contributed by atoms with Gasteiger partial charge in [-0.25, -0.2) is 4.79 Å². The summed E-state index contributed by atoms with van der Waals surface area (Å²) in [6, 6.07) is 0.583. The lowest BCUT2D eigenvalue weighted by Crippen LogP contribution is -2.58. The van der Waals surface area contributed by atoms with E-state index in [2.05, 4.69) is 0 Å². The normalized spacial score (nSPS) is 13.6. The second-order valence-corrected chi connectivity index (χ2v) is 3.88. The van der Waals surface area contributed by atoms with E-state index in [0.29, 0.717) is 12.3 Å². The van der Waals surface area contributed by atoms with E-state index >= 15 is 0 Å². The fourth-order valence-corrected chi connectivity index (χ4v) is 1.25. The van der Waals surface area contributed by atoms with Crippen molar-refractivity contribution in [2.24, 2.45) is 0 Å². The van der Waals surface area contributed by atoms with Gasteiger partial charge in [0.05, 0.1) is 6.54 Å². The van der Waals surface area contributed by atoms with Gasteiger partial charge in [-0.05, 0) is 0 Å². The fraction of sp³-hybridized carbons (Fsp3) is 0.556. The Bertz CT molecular complexity index is 594. The highest BCUT2D eigenvalue weighted by Crippen LogP contribution is 2.45. The summed E-state index contributed by atoms with van der Waals surface area (Å²) >= 11 is 0. The third-order valence-electron chi connectivity index (χ3n) is 2.38. The molecule has 0 aliphatic heterocycles. The number of alkyl halides is 6. The van der Waals surface area contributed by atoms with Crippen molar-refractivity contribution in [3.05, 3.63) is 33.1 Å². The van der Waals surface area contributed by atoms with E-state index in [0.717, 1.165) is 0 Å². The zero-order valence-corrected chi connectivity index (χ0v) is 9.55. The minimum atomic E-state index is -5.88. The van der Waals surface area contributed by atoms with Crippen LogP contribution in [0, 0.1) is 0 Å². The van der Waals surface area contributed by atoms with Crippen molar-refractivity contribution >= 4 is 0 Å². The molecule has 0 radical (unpaired) electrons. The number of halogens is 6. The number of nitrogens with zero attached hydrogens (tertiary/aromatic N) is 1. The Morgan fingerprint density at radius 1 is 1.10 bits per heavy atom. The van der Waals surface area contributed by atoms with Crippen molar-refractivity contribution in [1.82, 2.24) is 9.55 Å². The Labute approximate surface area is 106 Å². The molecule has 0 aliphatic rings. The number of hydrogen-bond donors (Lipinski definition) is 2. The molecule has 0 aliphatic carbocycles. The first-order chi connectivity index (χ1) is 8.94. The molecule has 11 heteroatoms. The Kier molecular flexibility index (Phi) is 4.04. The first kappa shape index (κ1) is 16.3. The molecule has 0 saturated carbocycles. The molecule has 20 heavy (non-hydrogen) atoms. The van der Waals surface area contributed by atoms with Gasteiger partial charge in [0.25, 0.3) is 5.56 Å². The van der Waals surface area contributed by atoms with E-state index in [-0.39, 0.29) is 4.57 Å². The smallest absolute Gasteiger partial charge is 0.376 e. The molecule has 0 fully saturated rings. The molecule has 0 unspecified atom stereocenters. The zero-order chi connectivity index (χ0) is 15.8. The average molecular weight is 306 g/mol. The van der Waals surface area contributed by atoms with Gasteiger partial charge in [0, 0.05) is 12.3 Å². The van der Waals surface area contributed by atoms with E-state index in [4.69, 9.17) is 5.11 Å². The molecule has 0 spiro atoms. The van der Waals surface area contributed by atoms with Crippen molar-refractivity contribution in [2.45, 2.75) is 24.3 Å². The number of rotatable bonds is 5. The summed E-state index contributed by atoms with van der Waals surface area (Å²) in [5, 5.41) is 8.07. The van der Waals surface area contributed by atoms with Gasteiger partial charge in [0.15, 0.2) is 0 Å². The first-order valence-corrected chi connectivity index (χ1v) is 4.99. The van der Waals surface area contributed by atoms with Gasteiger partial charge in [-0.3, -0.25) is 14.3 Å². The number of aromatic amines is 1. The second kappa shape index (κ2) is 4.96. The van der Waals surface area contributed by atoms with Crippen molar-refractivity contribution in [3.8, 4) is 0 Å². The van der Waals surface area contributed by atoms with E-state index in [1.54, 1.807) is 0 Å². The molecule has 0 atom stereocenters. The molecule has 2 N–H and O–H groups in total. The monoisotopic (exact) mass is 306 g/mol. The molecular formula is C9H8F6N2O3. The molecule has 0 aromatic carbocycles. The summed E-state index contributed by atoms with van der Waals surface area (Å²) in [7, 11) is 0. The fourth-order valence-electron chi connectivity index (χ4n) is 1.25. The van der Waals surface area contributed by atoms with Gasteiger partial charge in [0.2, 0.25) is 0 Å². The molecule has 5 nitrogen and oxygen atoms in total. The van der Waals surface area contributed by atoms with Crippen LogP contribution in [0.5, 0.6) is 0 Å². The summed E-state index contributed by atoms with van der Waals surface area (Å²) in [5.74, 6) is -16.6. The van der Waals surface area contributed by atoms with Crippen molar-refractivity contribution in [3.63, 3.8) is 0 Å². The molecular weight excluding hydrogens is 298 g/mol. The van der Waals surface area contributed by atoms with E-state index in [1.165, 1.54) is 4.98 Å². The van der Waals surface area contributed by atoms with Crippen molar-refractivity contribution < 1.29 is 31.4 Å². The van der Waals surface area contributed by atoms with E-state index < -0.39 is 42.2 Å². The van der Waals surface area contributed by atoms with Crippen LogP contribution in [0.15, 0.2) is 21.9 Å².